The molecule has 0 radical (unpaired) electrons. The third-order valence-corrected chi connectivity index (χ3v) is 5.50. The maximum absolute atomic E-state index is 11.5. The van der Waals surface area contributed by atoms with E-state index in [2.05, 4.69) is 17.1 Å². The SMILES string of the molecule is CC1CCNCCCN1C1CCS(=O)(=O)C1. The zero-order valence-electron chi connectivity index (χ0n) is 9.98. The van der Waals surface area contributed by atoms with Gasteiger partial charge in [-0.2, -0.15) is 0 Å². The first-order valence-corrected chi connectivity index (χ1v) is 8.07. The molecule has 2 fully saturated rings. The standard InChI is InChI=1S/C11H22N2O2S/c1-10-3-6-12-5-2-7-13(10)11-4-8-16(14,15)9-11/h10-12H,2-9H2,1H3. The van der Waals surface area contributed by atoms with Gasteiger partial charge < -0.3 is 5.32 Å². The van der Waals surface area contributed by atoms with Gasteiger partial charge in [-0.3, -0.25) is 4.90 Å². The molecule has 2 rings (SSSR count). The molecule has 0 amide bonds. The third-order valence-electron chi connectivity index (χ3n) is 3.75. The van der Waals surface area contributed by atoms with Gasteiger partial charge in [-0.15, -0.1) is 0 Å². The van der Waals surface area contributed by atoms with Gasteiger partial charge in [-0.05, 0) is 45.8 Å². The molecule has 0 aromatic heterocycles. The average Bonchev–Trinajstić information content (AvgIpc) is 2.53. The largest absolute Gasteiger partial charge is 0.317 e. The molecular weight excluding hydrogens is 224 g/mol. The van der Waals surface area contributed by atoms with E-state index in [0.29, 0.717) is 17.5 Å². The predicted octanol–water partition coefficient (Wildman–Crippen LogP) is 0.247. The van der Waals surface area contributed by atoms with E-state index in [9.17, 15) is 8.42 Å². The Labute approximate surface area is 98.3 Å². The van der Waals surface area contributed by atoms with E-state index in [-0.39, 0.29) is 6.04 Å². The number of nitrogens with zero attached hydrogens (tertiary/aromatic N) is 1. The fourth-order valence-corrected chi connectivity index (χ4v) is 4.53. The predicted molar refractivity (Wildman–Crippen MR) is 65.3 cm³/mol. The van der Waals surface area contributed by atoms with E-state index in [4.69, 9.17) is 0 Å². The van der Waals surface area contributed by atoms with Gasteiger partial charge in [0.15, 0.2) is 9.84 Å². The third kappa shape index (κ3) is 2.96. The summed E-state index contributed by atoms with van der Waals surface area (Å²) in [6.45, 7) is 5.37. The van der Waals surface area contributed by atoms with Gasteiger partial charge in [0, 0.05) is 12.1 Å². The van der Waals surface area contributed by atoms with Gasteiger partial charge >= 0.3 is 0 Å². The first kappa shape index (κ1) is 12.3. The summed E-state index contributed by atoms with van der Waals surface area (Å²) in [6.07, 6.45) is 3.08. The molecule has 0 aromatic rings. The average molecular weight is 246 g/mol. The summed E-state index contributed by atoms with van der Waals surface area (Å²) in [7, 11) is -2.75. The summed E-state index contributed by atoms with van der Waals surface area (Å²) in [5.41, 5.74) is 0. The summed E-state index contributed by atoms with van der Waals surface area (Å²) in [5, 5.41) is 3.40. The molecule has 2 heterocycles. The lowest BCUT2D eigenvalue weighted by molar-refractivity contribution is 0.139. The van der Waals surface area contributed by atoms with Gasteiger partial charge in [0.2, 0.25) is 0 Å². The minimum absolute atomic E-state index is 0.276. The van der Waals surface area contributed by atoms with Crippen LogP contribution in [0.4, 0.5) is 0 Å². The Morgan fingerprint density at radius 3 is 2.75 bits per heavy atom. The molecule has 16 heavy (non-hydrogen) atoms. The molecule has 2 aliphatic heterocycles. The molecule has 2 aliphatic rings. The summed E-state index contributed by atoms with van der Waals surface area (Å²) < 4.78 is 23.0. The van der Waals surface area contributed by atoms with E-state index < -0.39 is 9.84 Å². The maximum Gasteiger partial charge on any atom is 0.151 e. The molecule has 2 saturated heterocycles. The van der Waals surface area contributed by atoms with E-state index in [1.807, 2.05) is 0 Å². The summed E-state index contributed by atoms with van der Waals surface area (Å²) >= 11 is 0. The van der Waals surface area contributed by atoms with Crippen LogP contribution in [0.5, 0.6) is 0 Å². The van der Waals surface area contributed by atoms with Crippen LogP contribution in [0.15, 0.2) is 0 Å². The van der Waals surface area contributed by atoms with Crippen molar-refractivity contribution in [1.82, 2.24) is 10.2 Å². The van der Waals surface area contributed by atoms with Gasteiger partial charge in [0.25, 0.3) is 0 Å². The molecule has 94 valence electrons. The highest BCUT2D eigenvalue weighted by atomic mass is 32.2. The van der Waals surface area contributed by atoms with Crippen molar-refractivity contribution in [3.63, 3.8) is 0 Å². The molecule has 0 bridgehead atoms. The van der Waals surface area contributed by atoms with Crippen molar-refractivity contribution in [2.24, 2.45) is 0 Å². The molecule has 1 N–H and O–H groups in total. The van der Waals surface area contributed by atoms with E-state index in [1.165, 1.54) is 0 Å². The minimum Gasteiger partial charge on any atom is -0.317 e. The summed E-state index contributed by atoms with van der Waals surface area (Å²) in [6, 6.07) is 0.782. The van der Waals surface area contributed by atoms with Crippen LogP contribution >= 0.6 is 0 Å². The van der Waals surface area contributed by atoms with Crippen LogP contribution in [0.25, 0.3) is 0 Å². The Morgan fingerprint density at radius 2 is 2.06 bits per heavy atom. The number of hydrogen-bond donors (Lipinski definition) is 1. The Bertz CT molecular complexity index is 329. The van der Waals surface area contributed by atoms with E-state index >= 15 is 0 Å². The molecule has 4 nitrogen and oxygen atoms in total. The summed E-state index contributed by atoms with van der Waals surface area (Å²) in [4.78, 5) is 2.42. The van der Waals surface area contributed by atoms with E-state index in [1.54, 1.807) is 0 Å². The first-order valence-electron chi connectivity index (χ1n) is 6.25. The fraction of sp³-hybridized carbons (Fsp3) is 1.00. The second kappa shape index (κ2) is 5.02. The van der Waals surface area contributed by atoms with Crippen LogP contribution in [0, 0.1) is 0 Å². The molecule has 0 aliphatic carbocycles. The Balaban J connectivity index is 2.00. The van der Waals surface area contributed by atoms with Gasteiger partial charge in [0.1, 0.15) is 0 Å². The Hall–Kier alpha value is -0.130. The highest BCUT2D eigenvalue weighted by molar-refractivity contribution is 7.91. The lowest BCUT2D eigenvalue weighted by Crippen LogP contribution is -2.46. The Morgan fingerprint density at radius 1 is 1.25 bits per heavy atom. The van der Waals surface area contributed by atoms with Crippen LogP contribution in [0.2, 0.25) is 0 Å². The van der Waals surface area contributed by atoms with Crippen LogP contribution in [-0.2, 0) is 9.84 Å². The van der Waals surface area contributed by atoms with Crippen LogP contribution < -0.4 is 5.32 Å². The number of nitrogens with one attached hydrogen (secondary N) is 1. The van der Waals surface area contributed by atoms with Gasteiger partial charge in [0.05, 0.1) is 11.5 Å². The monoisotopic (exact) mass is 246 g/mol. The number of sulfone groups is 1. The zero-order valence-corrected chi connectivity index (χ0v) is 10.8. The van der Waals surface area contributed by atoms with Crippen molar-refractivity contribution in [2.45, 2.75) is 38.3 Å². The molecule has 0 saturated carbocycles. The van der Waals surface area contributed by atoms with Crippen molar-refractivity contribution in [2.75, 3.05) is 31.1 Å². The maximum atomic E-state index is 11.5. The first-order chi connectivity index (χ1) is 7.58. The van der Waals surface area contributed by atoms with Crippen LogP contribution in [0.1, 0.15) is 26.2 Å². The highest BCUT2D eigenvalue weighted by Gasteiger charge is 2.34. The van der Waals surface area contributed by atoms with Crippen molar-refractivity contribution in [1.29, 1.82) is 0 Å². The molecule has 2 atom stereocenters. The molecular formula is C11H22N2O2S. The van der Waals surface area contributed by atoms with Crippen molar-refractivity contribution < 1.29 is 8.42 Å². The van der Waals surface area contributed by atoms with Crippen molar-refractivity contribution >= 4 is 9.84 Å². The van der Waals surface area contributed by atoms with Crippen molar-refractivity contribution in [3.05, 3.63) is 0 Å². The molecule has 2 unspecified atom stereocenters. The summed E-state index contributed by atoms with van der Waals surface area (Å²) in [5.74, 6) is 0.768. The normalized spacial score (nSPS) is 36.8. The quantitative estimate of drug-likeness (QED) is 0.720. The fourth-order valence-electron chi connectivity index (χ4n) is 2.79. The van der Waals surface area contributed by atoms with Gasteiger partial charge in [-0.1, -0.05) is 0 Å². The second-order valence-corrected chi connectivity index (χ2v) is 7.26. The lowest BCUT2D eigenvalue weighted by Gasteiger charge is -2.35. The number of rotatable bonds is 1. The molecule has 0 spiro atoms. The topological polar surface area (TPSA) is 49.4 Å². The van der Waals surface area contributed by atoms with Crippen molar-refractivity contribution in [3.8, 4) is 0 Å². The van der Waals surface area contributed by atoms with Crippen LogP contribution in [0.3, 0.4) is 0 Å². The van der Waals surface area contributed by atoms with E-state index in [0.717, 1.165) is 38.9 Å². The number of hydrogen-bond acceptors (Lipinski definition) is 4. The Kier molecular flexibility index (Phi) is 3.87. The smallest absolute Gasteiger partial charge is 0.151 e. The lowest BCUT2D eigenvalue weighted by atomic mass is 10.1. The second-order valence-electron chi connectivity index (χ2n) is 5.04. The van der Waals surface area contributed by atoms with Crippen LogP contribution in [-0.4, -0.2) is 56.5 Å². The highest BCUT2D eigenvalue weighted by Crippen LogP contribution is 2.21. The minimum atomic E-state index is -2.75. The molecule has 0 aromatic carbocycles. The zero-order chi connectivity index (χ0) is 11.6. The molecule has 5 heteroatoms. The van der Waals surface area contributed by atoms with Gasteiger partial charge in [-0.25, -0.2) is 8.42 Å².